The van der Waals surface area contributed by atoms with E-state index in [1.165, 1.54) is 9.13 Å². The highest BCUT2D eigenvalue weighted by Crippen LogP contribution is 2.18. The Bertz CT molecular complexity index is 388. The Kier molecular flexibility index (Phi) is 6.58. The van der Waals surface area contributed by atoms with E-state index in [0.717, 1.165) is 17.6 Å². The second-order valence-corrected chi connectivity index (χ2v) is 7.73. The molecule has 1 unspecified atom stereocenters. The lowest BCUT2D eigenvalue weighted by Crippen LogP contribution is -2.44. The molecule has 0 bridgehead atoms. The van der Waals surface area contributed by atoms with E-state index in [4.69, 9.17) is 0 Å². The third kappa shape index (κ3) is 6.50. The van der Waals surface area contributed by atoms with Crippen molar-refractivity contribution in [3.05, 3.63) is 31.8 Å². The van der Waals surface area contributed by atoms with Gasteiger partial charge in [0.05, 0.1) is 0 Å². The molecule has 1 aromatic carbocycles. The zero-order valence-corrected chi connectivity index (χ0v) is 15.2. The fourth-order valence-corrected chi connectivity index (χ4v) is 2.43. The Morgan fingerprint density at radius 1 is 1.33 bits per heavy atom. The molecule has 0 radical (unpaired) electrons. The first-order valence-electron chi connectivity index (χ1n) is 6.20. The second-order valence-electron chi connectivity index (χ2n) is 5.65. The van der Waals surface area contributed by atoms with E-state index in [1.807, 2.05) is 0 Å². The predicted octanol–water partition coefficient (Wildman–Crippen LogP) is 3.92. The fourth-order valence-electron chi connectivity index (χ4n) is 1.49. The molecular formula is C14H22BrIN2. The van der Waals surface area contributed by atoms with Crippen LogP contribution in [0, 0.1) is 3.57 Å². The Labute approximate surface area is 133 Å². The van der Waals surface area contributed by atoms with E-state index in [2.05, 4.69) is 95.0 Å². The lowest BCUT2D eigenvalue weighted by molar-refractivity contribution is 0.387. The molecule has 0 spiro atoms. The number of halogens is 2. The summed E-state index contributed by atoms with van der Waals surface area (Å²) in [6, 6.07) is 6.85. The first-order chi connectivity index (χ1) is 8.28. The molecule has 0 aliphatic carbocycles. The number of benzene rings is 1. The normalized spacial score (nSPS) is 13.7. The zero-order chi connectivity index (χ0) is 13.8. The average molecular weight is 425 g/mol. The van der Waals surface area contributed by atoms with E-state index < -0.39 is 0 Å². The van der Waals surface area contributed by atoms with Gasteiger partial charge in [-0.2, -0.15) is 0 Å². The van der Waals surface area contributed by atoms with Gasteiger partial charge in [0.15, 0.2) is 0 Å². The summed E-state index contributed by atoms with van der Waals surface area (Å²) in [6.45, 7) is 10.7. The predicted molar refractivity (Wildman–Crippen MR) is 90.9 cm³/mol. The molecule has 18 heavy (non-hydrogen) atoms. The van der Waals surface area contributed by atoms with Crippen molar-refractivity contribution >= 4 is 38.5 Å². The maximum atomic E-state index is 3.55. The Morgan fingerprint density at radius 3 is 2.61 bits per heavy atom. The van der Waals surface area contributed by atoms with Crippen molar-refractivity contribution in [1.29, 1.82) is 0 Å². The maximum absolute atomic E-state index is 3.55. The van der Waals surface area contributed by atoms with Crippen LogP contribution in [0.15, 0.2) is 22.7 Å². The smallest absolute Gasteiger partial charge is 0.0219 e. The van der Waals surface area contributed by atoms with Crippen LogP contribution in [0.1, 0.15) is 33.3 Å². The van der Waals surface area contributed by atoms with Crippen LogP contribution in [0.2, 0.25) is 0 Å². The van der Waals surface area contributed by atoms with Crippen LogP contribution in [-0.2, 0) is 6.54 Å². The largest absolute Gasteiger partial charge is 0.311 e. The fraction of sp³-hybridized carbons (Fsp3) is 0.571. The summed E-state index contributed by atoms with van der Waals surface area (Å²) < 4.78 is 2.44. The molecule has 1 aromatic rings. The van der Waals surface area contributed by atoms with Gasteiger partial charge in [0.1, 0.15) is 0 Å². The highest BCUT2D eigenvalue weighted by molar-refractivity contribution is 14.1. The van der Waals surface area contributed by atoms with E-state index >= 15 is 0 Å². The molecule has 0 saturated heterocycles. The first kappa shape index (κ1) is 16.4. The van der Waals surface area contributed by atoms with Gasteiger partial charge in [0, 0.05) is 32.7 Å². The lowest BCUT2D eigenvalue weighted by Gasteiger charge is -2.24. The van der Waals surface area contributed by atoms with Crippen LogP contribution in [0.3, 0.4) is 0 Å². The Hall–Kier alpha value is 0.350. The highest BCUT2D eigenvalue weighted by atomic mass is 127. The maximum Gasteiger partial charge on any atom is 0.0219 e. The number of nitrogens with one attached hydrogen (secondary N) is 2. The summed E-state index contributed by atoms with van der Waals surface area (Å²) in [4.78, 5) is 0. The molecule has 0 heterocycles. The number of hydrogen-bond donors (Lipinski definition) is 2. The van der Waals surface area contributed by atoms with Crippen LogP contribution in [-0.4, -0.2) is 18.1 Å². The summed E-state index contributed by atoms with van der Waals surface area (Å²) in [6.07, 6.45) is 0. The topological polar surface area (TPSA) is 24.1 Å². The van der Waals surface area contributed by atoms with Gasteiger partial charge < -0.3 is 10.6 Å². The second kappa shape index (κ2) is 7.22. The minimum absolute atomic E-state index is 0.181. The van der Waals surface area contributed by atoms with Crippen molar-refractivity contribution in [3.8, 4) is 0 Å². The molecule has 102 valence electrons. The van der Waals surface area contributed by atoms with Crippen LogP contribution >= 0.6 is 38.5 Å². The van der Waals surface area contributed by atoms with Crippen molar-refractivity contribution in [2.45, 2.75) is 45.8 Å². The zero-order valence-electron chi connectivity index (χ0n) is 11.5. The van der Waals surface area contributed by atoms with Gasteiger partial charge in [-0.05, 0) is 74.0 Å². The highest BCUT2D eigenvalue weighted by Gasteiger charge is 2.11. The Balaban J connectivity index is 2.42. The third-order valence-corrected chi connectivity index (χ3v) is 4.13. The van der Waals surface area contributed by atoms with E-state index in [9.17, 15) is 0 Å². The SMILES string of the molecule is CC(CNC(C)(C)C)NCc1cc(Br)ccc1I. The van der Waals surface area contributed by atoms with Gasteiger partial charge in [-0.15, -0.1) is 0 Å². The molecule has 4 heteroatoms. The molecule has 0 aliphatic heterocycles. The van der Waals surface area contributed by atoms with Gasteiger partial charge in [-0.3, -0.25) is 0 Å². The molecule has 0 aliphatic rings. The van der Waals surface area contributed by atoms with Crippen molar-refractivity contribution < 1.29 is 0 Å². The molecule has 1 rings (SSSR count). The van der Waals surface area contributed by atoms with Crippen molar-refractivity contribution in [3.63, 3.8) is 0 Å². The summed E-state index contributed by atoms with van der Waals surface area (Å²) in [5.41, 5.74) is 1.52. The van der Waals surface area contributed by atoms with Crippen LogP contribution in [0.5, 0.6) is 0 Å². The monoisotopic (exact) mass is 424 g/mol. The first-order valence-corrected chi connectivity index (χ1v) is 8.07. The van der Waals surface area contributed by atoms with Crippen LogP contribution in [0.4, 0.5) is 0 Å². The van der Waals surface area contributed by atoms with Crippen LogP contribution < -0.4 is 10.6 Å². The molecule has 0 aromatic heterocycles. The summed E-state index contributed by atoms with van der Waals surface area (Å²) in [5.74, 6) is 0. The van der Waals surface area contributed by atoms with Crippen LogP contribution in [0.25, 0.3) is 0 Å². The van der Waals surface area contributed by atoms with Gasteiger partial charge in [0.2, 0.25) is 0 Å². The summed E-state index contributed by atoms with van der Waals surface area (Å²) in [7, 11) is 0. The minimum Gasteiger partial charge on any atom is -0.311 e. The standard InChI is InChI=1S/C14H22BrIN2/c1-10(8-18-14(2,3)4)17-9-11-7-12(15)5-6-13(11)16/h5-7,10,17-18H,8-9H2,1-4H3. The minimum atomic E-state index is 0.181. The molecule has 0 saturated carbocycles. The van der Waals surface area contributed by atoms with Crippen molar-refractivity contribution in [1.82, 2.24) is 10.6 Å². The van der Waals surface area contributed by atoms with Gasteiger partial charge in [-0.25, -0.2) is 0 Å². The van der Waals surface area contributed by atoms with E-state index in [-0.39, 0.29) is 5.54 Å². The van der Waals surface area contributed by atoms with Gasteiger partial charge >= 0.3 is 0 Å². The molecule has 0 fully saturated rings. The molecular weight excluding hydrogens is 403 g/mol. The molecule has 0 amide bonds. The number of rotatable bonds is 5. The third-order valence-electron chi connectivity index (χ3n) is 2.59. The molecule has 1 atom stereocenters. The quantitative estimate of drug-likeness (QED) is 0.700. The van der Waals surface area contributed by atoms with Crippen molar-refractivity contribution in [2.24, 2.45) is 0 Å². The molecule has 2 nitrogen and oxygen atoms in total. The number of hydrogen-bond acceptors (Lipinski definition) is 2. The lowest BCUT2D eigenvalue weighted by atomic mass is 10.1. The molecule has 2 N–H and O–H groups in total. The van der Waals surface area contributed by atoms with Gasteiger partial charge in [0.25, 0.3) is 0 Å². The Morgan fingerprint density at radius 2 is 2.00 bits per heavy atom. The summed E-state index contributed by atoms with van der Waals surface area (Å²) >= 11 is 5.90. The van der Waals surface area contributed by atoms with Gasteiger partial charge in [-0.1, -0.05) is 15.9 Å². The van der Waals surface area contributed by atoms with E-state index in [0.29, 0.717) is 6.04 Å². The average Bonchev–Trinajstić information content (AvgIpc) is 2.26. The summed E-state index contributed by atoms with van der Waals surface area (Å²) in [5, 5.41) is 7.06. The van der Waals surface area contributed by atoms with E-state index in [1.54, 1.807) is 0 Å². The van der Waals surface area contributed by atoms with Crippen molar-refractivity contribution in [2.75, 3.05) is 6.54 Å².